The van der Waals surface area contributed by atoms with Crippen LogP contribution in [0.25, 0.3) is 10.8 Å². The number of carbonyl (C=O) groups is 2. The first-order chi connectivity index (χ1) is 18.0. The molecule has 188 valence electrons. The molecule has 8 heteroatoms. The van der Waals surface area contributed by atoms with Crippen molar-refractivity contribution in [2.75, 3.05) is 13.2 Å². The maximum absolute atomic E-state index is 12.7. The first kappa shape index (κ1) is 25.9. The Morgan fingerprint density at radius 2 is 1.70 bits per heavy atom. The van der Waals surface area contributed by atoms with Gasteiger partial charge in [-0.05, 0) is 60.3 Å². The average Bonchev–Trinajstić information content (AvgIpc) is 2.92. The largest absolute Gasteiger partial charge is 0.494 e. The zero-order valence-corrected chi connectivity index (χ0v) is 21.7. The highest BCUT2D eigenvalue weighted by Gasteiger charge is 2.12. The molecule has 0 fully saturated rings. The third-order valence-corrected chi connectivity index (χ3v) is 5.73. The van der Waals surface area contributed by atoms with Gasteiger partial charge in [0, 0.05) is 15.4 Å². The number of rotatable bonds is 10. The number of hydrogen-bond donors (Lipinski definition) is 1. The molecule has 0 aliphatic rings. The number of nitrogens with one attached hydrogen (secondary N) is 1. The lowest BCUT2D eigenvalue weighted by molar-refractivity contribution is -0.123. The summed E-state index contributed by atoms with van der Waals surface area (Å²) in [6.45, 7) is 2.43. The van der Waals surface area contributed by atoms with Crippen LogP contribution < -0.4 is 19.6 Å². The van der Waals surface area contributed by atoms with Gasteiger partial charge in [0.15, 0.2) is 6.61 Å². The third-order valence-electron chi connectivity index (χ3n) is 5.24. The number of hydrazone groups is 1. The van der Waals surface area contributed by atoms with Gasteiger partial charge in [-0.15, -0.1) is 0 Å². The van der Waals surface area contributed by atoms with Gasteiger partial charge in [0.1, 0.15) is 17.2 Å². The molecule has 0 aromatic heterocycles. The first-order valence-electron chi connectivity index (χ1n) is 11.7. The van der Waals surface area contributed by atoms with Crippen LogP contribution in [-0.2, 0) is 4.79 Å². The van der Waals surface area contributed by atoms with Crippen LogP contribution in [0, 0.1) is 0 Å². The zero-order valence-electron chi connectivity index (χ0n) is 20.1. The fraction of sp³-hybridized carbons (Fsp3) is 0.138. The minimum Gasteiger partial charge on any atom is -0.494 e. The normalized spacial score (nSPS) is 10.9. The van der Waals surface area contributed by atoms with E-state index < -0.39 is 11.9 Å². The molecule has 0 spiro atoms. The fourth-order valence-corrected chi connectivity index (χ4v) is 3.83. The van der Waals surface area contributed by atoms with Crippen LogP contribution in [0.15, 0.2) is 94.5 Å². The minimum absolute atomic E-state index is 0.205. The average molecular weight is 561 g/mol. The van der Waals surface area contributed by atoms with E-state index in [0.717, 1.165) is 21.7 Å². The molecule has 4 rings (SSSR count). The lowest BCUT2D eigenvalue weighted by atomic mass is 10.1. The Morgan fingerprint density at radius 1 is 0.919 bits per heavy atom. The molecule has 0 radical (unpaired) electrons. The summed E-state index contributed by atoms with van der Waals surface area (Å²) in [6.07, 6.45) is 2.31. The van der Waals surface area contributed by atoms with Crippen molar-refractivity contribution in [1.29, 1.82) is 0 Å². The van der Waals surface area contributed by atoms with Crippen LogP contribution in [0.1, 0.15) is 29.3 Å². The molecule has 4 aromatic rings. The van der Waals surface area contributed by atoms with Crippen molar-refractivity contribution in [1.82, 2.24) is 5.43 Å². The Hall–Kier alpha value is -4.17. The standard InChI is InChI=1S/C29H25BrN2O5/c1-2-16-35-24-13-10-21(11-14-24)29(34)37-26-15-12-23(30)17-22(26)18-31-32-28(33)19-36-27-9-5-7-20-6-3-4-8-25(20)27/h3-15,17-18H,2,16,19H2,1H3,(H,32,33)/b31-18-. The van der Waals surface area contributed by atoms with Gasteiger partial charge in [-0.25, -0.2) is 10.2 Å². The number of esters is 1. The molecule has 0 saturated heterocycles. The Kier molecular flexibility index (Phi) is 8.89. The molecule has 0 atom stereocenters. The van der Waals surface area contributed by atoms with Gasteiger partial charge in [0.25, 0.3) is 5.91 Å². The topological polar surface area (TPSA) is 86.2 Å². The molecule has 4 aromatic carbocycles. The minimum atomic E-state index is -0.522. The molecule has 0 aliphatic heterocycles. The van der Waals surface area contributed by atoms with Crippen LogP contribution >= 0.6 is 15.9 Å². The quantitative estimate of drug-likeness (QED) is 0.109. The number of halogens is 1. The van der Waals surface area contributed by atoms with Crippen LogP contribution in [0.4, 0.5) is 0 Å². The van der Waals surface area contributed by atoms with Gasteiger partial charge in [-0.1, -0.05) is 59.3 Å². The molecule has 7 nitrogen and oxygen atoms in total. The van der Waals surface area contributed by atoms with Crippen molar-refractivity contribution in [2.45, 2.75) is 13.3 Å². The second kappa shape index (κ2) is 12.7. The van der Waals surface area contributed by atoms with E-state index in [9.17, 15) is 9.59 Å². The van der Waals surface area contributed by atoms with Crippen molar-refractivity contribution < 1.29 is 23.8 Å². The van der Waals surface area contributed by atoms with Gasteiger partial charge < -0.3 is 14.2 Å². The summed E-state index contributed by atoms with van der Waals surface area (Å²) in [7, 11) is 0. The Labute approximate surface area is 223 Å². The molecule has 1 N–H and O–H groups in total. The number of carbonyl (C=O) groups excluding carboxylic acids is 2. The number of fused-ring (bicyclic) bond motifs is 1. The molecule has 0 saturated carbocycles. The highest BCUT2D eigenvalue weighted by atomic mass is 79.9. The van der Waals surface area contributed by atoms with Gasteiger partial charge in [0.05, 0.1) is 18.4 Å². The summed E-state index contributed by atoms with van der Waals surface area (Å²) in [5.74, 6) is 0.651. The fourth-order valence-electron chi connectivity index (χ4n) is 3.45. The van der Waals surface area contributed by atoms with E-state index in [1.54, 1.807) is 42.5 Å². The number of ether oxygens (including phenoxy) is 3. The predicted octanol–water partition coefficient (Wildman–Crippen LogP) is 6.14. The van der Waals surface area contributed by atoms with E-state index in [4.69, 9.17) is 14.2 Å². The van der Waals surface area contributed by atoms with Gasteiger partial charge in [-0.3, -0.25) is 4.79 Å². The highest BCUT2D eigenvalue weighted by Crippen LogP contribution is 2.25. The molecule has 0 bridgehead atoms. The van der Waals surface area contributed by atoms with Crippen LogP contribution in [-0.4, -0.2) is 31.3 Å². The summed E-state index contributed by atoms with van der Waals surface area (Å²) in [6, 6.07) is 25.3. The van der Waals surface area contributed by atoms with Crippen molar-refractivity contribution in [3.63, 3.8) is 0 Å². The van der Waals surface area contributed by atoms with E-state index in [0.29, 0.717) is 35.0 Å². The number of benzene rings is 4. The van der Waals surface area contributed by atoms with E-state index >= 15 is 0 Å². The van der Waals surface area contributed by atoms with Crippen LogP contribution in [0.5, 0.6) is 17.2 Å². The van der Waals surface area contributed by atoms with E-state index in [1.807, 2.05) is 49.4 Å². The van der Waals surface area contributed by atoms with Gasteiger partial charge >= 0.3 is 5.97 Å². The van der Waals surface area contributed by atoms with Crippen LogP contribution in [0.3, 0.4) is 0 Å². The first-order valence-corrected chi connectivity index (χ1v) is 12.5. The maximum Gasteiger partial charge on any atom is 0.343 e. The summed E-state index contributed by atoms with van der Waals surface area (Å²) < 4.78 is 17.6. The van der Waals surface area contributed by atoms with Crippen molar-refractivity contribution in [3.05, 3.63) is 101 Å². The molecular formula is C29H25BrN2O5. The number of nitrogens with zero attached hydrogens (tertiary/aromatic N) is 1. The van der Waals surface area contributed by atoms with Crippen molar-refractivity contribution in [3.8, 4) is 17.2 Å². The molecule has 1 amide bonds. The SMILES string of the molecule is CCCOc1ccc(C(=O)Oc2ccc(Br)cc2/C=N\NC(=O)COc2cccc3ccccc23)cc1. The predicted molar refractivity (Wildman–Crippen MR) is 147 cm³/mol. The van der Waals surface area contributed by atoms with Gasteiger partial charge in [-0.2, -0.15) is 5.10 Å². The van der Waals surface area contributed by atoms with E-state index in [2.05, 4.69) is 26.5 Å². The molecule has 0 heterocycles. The second-order valence-corrected chi connectivity index (χ2v) is 8.92. The molecule has 0 unspecified atom stereocenters. The number of amides is 1. The maximum atomic E-state index is 12.7. The lowest BCUT2D eigenvalue weighted by Crippen LogP contribution is -2.24. The summed E-state index contributed by atoms with van der Waals surface area (Å²) in [4.78, 5) is 25.0. The van der Waals surface area contributed by atoms with Crippen LogP contribution in [0.2, 0.25) is 0 Å². The summed E-state index contributed by atoms with van der Waals surface area (Å²) >= 11 is 3.40. The third kappa shape index (κ3) is 7.17. The molecule has 37 heavy (non-hydrogen) atoms. The Balaban J connectivity index is 1.36. The lowest BCUT2D eigenvalue weighted by Gasteiger charge is -2.09. The van der Waals surface area contributed by atoms with E-state index in [1.165, 1.54) is 6.21 Å². The molecular weight excluding hydrogens is 536 g/mol. The van der Waals surface area contributed by atoms with Crippen molar-refractivity contribution in [2.24, 2.45) is 5.10 Å². The zero-order chi connectivity index (χ0) is 26.0. The van der Waals surface area contributed by atoms with Gasteiger partial charge in [0.2, 0.25) is 0 Å². The summed E-state index contributed by atoms with van der Waals surface area (Å²) in [5, 5.41) is 5.95. The smallest absolute Gasteiger partial charge is 0.343 e. The Bertz CT molecular complexity index is 1410. The Morgan fingerprint density at radius 3 is 2.51 bits per heavy atom. The number of hydrogen-bond acceptors (Lipinski definition) is 6. The molecule has 0 aliphatic carbocycles. The van der Waals surface area contributed by atoms with Crippen molar-refractivity contribution >= 4 is 44.8 Å². The monoisotopic (exact) mass is 560 g/mol. The highest BCUT2D eigenvalue weighted by molar-refractivity contribution is 9.10. The second-order valence-electron chi connectivity index (χ2n) is 8.00. The van der Waals surface area contributed by atoms with E-state index in [-0.39, 0.29) is 6.61 Å². The summed E-state index contributed by atoms with van der Waals surface area (Å²) in [5.41, 5.74) is 3.32.